The van der Waals surface area contributed by atoms with E-state index >= 15 is 0 Å². The van der Waals surface area contributed by atoms with Gasteiger partial charge in [-0.3, -0.25) is 9.78 Å². The van der Waals surface area contributed by atoms with E-state index < -0.39 is 0 Å². The van der Waals surface area contributed by atoms with Gasteiger partial charge < -0.3 is 9.32 Å². The third-order valence-electron chi connectivity index (χ3n) is 4.85. The number of pyridine rings is 1. The van der Waals surface area contributed by atoms with E-state index in [9.17, 15) is 4.79 Å². The molecule has 122 valence electrons. The fraction of sp³-hybridized carbons (Fsp3) is 0.300. The molecule has 0 unspecified atom stereocenters. The quantitative estimate of drug-likeness (QED) is 0.710. The van der Waals surface area contributed by atoms with Crippen molar-refractivity contribution in [2.24, 2.45) is 0 Å². The average Bonchev–Trinajstić information content (AvgIpc) is 3.02. The van der Waals surface area contributed by atoms with Gasteiger partial charge in [0.1, 0.15) is 11.3 Å². The van der Waals surface area contributed by atoms with Gasteiger partial charge in [0, 0.05) is 43.1 Å². The summed E-state index contributed by atoms with van der Waals surface area (Å²) in [7, 11) is 0. The van der Waals surface area contributed by atoms with Crippen molar-refractivity contribution in [3.63, 3.8) is 0 Å². The third kappa shape index (κ3) is 2.58. The molecule has 0 N–H and O–H groups in total. The number of carbonyl (C=O) groups is 1. The lowest BCUT2D eigenvalue weighted by Crippen LogP contribution is -2.36. The Morgan fingerprint density at radius 3 is 2.58 bits per heavy atom. The maximum atomic E-state index is 11.6. The molecule has 4 heteroatoms. The van der Waals surface area contributed by atoms with E-state index in [1.165, 1.54) is 0 Å². The van der Waals surface area contributed by atoms with Crippen molar-refractivity contribution < 1.29 is 9.21 Å². The van der Waals surface area contributed by atoms with Crippen LogP contribution in [0.5, 0.6) is 0 Å². The van der Waals surface area contributed by atoms with E-state index in [0.717, 1.165) is 53.9 Å². The zero-order valence-electron chi connectivity index (χ0n) is 13.7. The molecule has 1 amide bonds. The molecule has 24 heavy (non-hydrogen) atoms. The minimum atomic E-state index is 0.156. The molecule has 4 rings (SSSR count). The molecule has 0 saturated carbocycles. The molecule has 3 heterocycles. The highest BCUT2D eigenvalue weighted by Gasteiger charge is 2.28. The summed E-state index contributed by atoms with van der Waals surface area (Å²) in [6.45, 7) is 3.22. The highest BCUT2D eigenvalue weighted by atomic mass is 16.3. The Labute approximate surface area is 141 Å². The van der Waals surface area contributed by atoms with Gasteiger partial charge in [-0.15, -0.1) is 0 Å². The Hall–Kier alpha value is -2.62. The van der Waals surface area contributed by atoms with Crippen molar-refractivity contribution in [3.8, 4) is 11.3 Å². The SMILES string of the molecule is CC(=O)N1CCC(c2oc3ccccc3c2-c2ccccn2)CC1. The number of hydrogen-bond acceptors (Lipinski definition) is 3. The van der Waals surface area contributed by atoms with Crippen molar-refractivity contribution in [1.82, 2.24) is 9.88 Å². The van der Waals surface area contributed by atoms with E-state index in [1.807, 2.05) is 47.5 Å². The summed E-state index contributed by atoms with van der Waals surface area (Å²) in [5.41, 5.74) is 2.96. The number of rotatable bonds is 2. The standard InChI is InChI=1S/C20H20N2O2/c1-14(23)22-12-9-15(10-13-22)20-19(17-7-4-5-11-21-17)16-6-2-3-8-18(16)24-20/h2-8,11,15H,9-10,12-13H2,1H3. The van der Waals surface area contributed by atoms with Crippen LogP contribution in [0, 0.1) is 0 Å². The van der Waals surface area contributed by atoms with Gasteiger partial charge in [0.05, 0.1) is 5.69 Å². The number of amides is 1. The molecular weight excluding hydrogens is 300 g/mol. The van der Waals surface area contributed by atoms with Gasteiger partial charge in [0.15, 0.2) is 0 Å². The van der Waals surface area contributed by atoms with Crippen LogP contribution in [0.4, 0.5) is 0 Å². The average molecular weight is 320 g/mol. The normalized spacial score (nSPS) is 15.8. The number of hydrogen-bond donors (Lipinski definition) is 0. The molecule has 0 atom stereocenters. The van der Waals surface area contributed by atoms with Crippen LogP contribution in [0.15, 0.2) is 53.1 Å². The lowest BCUT2D eigenvalue weighted by molar-refractivity contribution is -0.129. The van der Waals surface area contributed by atoms with Crippen molar-refractivity contribution in [2.45, 2.75) is 25.7 Å². The number of benzene rings is 1. The first-order valence-corrected chi connectivity index (χ1v) is 8.42. The molecule has 1 aromatic carbocycles. The van der Waals surface area contributed by atoms with Crippen LogP contribution in [0.3, 0.4) is 0 Å². The fourth-order valence-corrected chi connectivity index (χ4v) is 3.58. The Bertz CT molecular complexity index is 862. The van der Waals surface area contributed by atoms with Crippen LogP contribution < -0.4 is 0 Å². The van der Waals surface area contributed by atoms with E-state index in [2.05, 4.69) is 11.1 Å². The van der Waals surface area contributed by atoms with Crippen LogP contribution in [0.2, 0.25) is 0 Å². The molecule has 3 aromatic rings. The predicted molar refractivity (Wildman–Crippen MR) is 93.7 cm³/mol. The first-order chi connectivity index (χ1) is 11.7. The molecule has 1 saturated heterocycles. The lowest BCUT2D eigenvalue weighted by Gasteiger charge is -2.30. The maximum absolute atomic E-state index is 11.6. The van der Waals surface area contributed by atoms with Crippen LogP contribution in [0.1, 0.15) is 31.4 Å². The number of nitrogens with zero attached hydrogens (tertiary/aromatic N) is 2. The van der Waals surface area contributed by atoms with Gasteiger partial charge in [-0.25, -0.2) is 0 Å². The fourth-order valence-electron chi connectivity index (χ4n) is 3.58. The summed E-state index contributed by atoms with van der Waals surface area (Å²) in [6, 6.07) is 14.1. The Morgan fingerprint density at radius 1 is 1.12 bits per heavy atom. The number of para-hydroxylation sites is 1. The topological polar surface area (TPSA) is 46.3 Å². The monoisotopic (exact) mass is 320 g/mol. The summed E-state index contributed by atoms with van der Waals surface area (Å²) in [5.74, 6) is 1.49. The van der Waals surface area contributed by atoms with E-state index in [-0.39, 0.29) is 5.91 Å². The Balaban J connectivity index is 1.77. The highest BCUT2D eigenvalue weighted by molar-refractivity contribution is 5.95. The molecule has 0 bridgehead atoms. The van der Waals surface area contributed by atoms with Gasteiger partial charge in [-0.1, -0.05) is 24.3 Å². The van der Waals surface area contributed by atoms with E-state index in [4.69, 9.17) is 4.42 Å². The Morgan fingerprint density at radius 2 is 1.88 bits per heavy atom. The van der Waals surface area contributed by atoms with Crippen molar-refractivity contribution in [2.75, 3.05) is 13.1 Å². The summed E-state index contributed by atoms with van der Waals surface area (Å²) in [6.07, 6.45) is 3.68. The Kier molecular flexibility index (Phi) is 3.81. The first kappa shape index (κ1) is 14.9. The lowest BCUT2D eigenvalue weighted by atomic mass is 9.90. The number of carbonyl (C=O) groups excluding carboxylic acids is 1. The van der Waals surface area contributed by atoms with Crippen LogP contribution in [0.25, 0.3) is 22.2 Å². The molecule has 4 nitrogen and oxygen atoms in total. The molecule has 1 fully saturated rings. The molecule has 1 aliphatic rings. The zero-order valence-corrected chi connectivity index (χ0v) is 13.7. The smallest absolute Gasteiger partial charge is 0.219 e. The van der Waals surface area contributed by atoms with E-state index in [0.29, 0.717) is 5.92 Å². The van der Waals surface area contributed by atoms with Crippen LogP contribution in [-0.2, 0) is 4.79 Å². The molecular formula is C20H20N2O2. The number of aromatic nitrogens is 1. The van der Waals surface area contributed by atoms with Gasteiger partial charge in [-0.05, 0) is 31.0 Å². The minimum absolute atomic E-state index is 0.156. The molecule has 0 aliphatic carbocycles. The highest BCUT2D eigenvalue weighted by Crippen LogP contribution is 2.41. The molecule has 2 aromatic heterocycles. The van der Waals surface area contributed by atoms with E-state index in [1.54, 1.807) is 6.92 Å². The van der Waals surface area contributed by atoms with Crippen molar-refractivity contribution in [1.29, 1.82) is 0 Å². The van der Waals surface area contributed by atoms with Gasteiger partial charge >= 0.3 is 0 Å². The molecule has 0 radical (unpaired) electrons. The first-order valence-electron chi connectivity index (χ1n) is 8.42. The maximum Gasteiger partial charge on any atom is 0.219 e. The third-order valence-corrected chi connectivity index (χ3v) is 4.85. The van der Waals surface area contributed by atoms with Crippen molar-refractivity contribution in [3.05, 3.63) is 54.4 Å². The number of piperidine rings is 1. The number of likely N-dealkylation sites (tertiary alicyclic amines) is 1. The summed E-state index contributed by atoms with van der Waals surface area (Å²) in [4.78, 5) is 18.0. The minimum Gasteiger partial charge on any atom is -0.460 e. The molecule has 0 spiro atoms. The summed E-state index contributed by atoms with van der Waals surface area (Å²) < 4.78 is 6.25. The summed E-state index contributed by atoms with van der Waals surface area (Å²) in [5, 5.41) is 1.11. The predicted octanol–water partition coefficient (Wildman–Crippen LogP) is 4.22. The molecule has 1 aliphatic heterocycles. The van der Waals surface area contributed by atoms with Crippen LogP contribution in [-0.4, -0.2) is 28.9 Å². The van der Waals surface area contributed by atoms with Crippen molar-refractivity contribution >= 4 is 16.9 Å². The largest absolute Gasteiger partial charge is 0.460 e. The van der Waals surface area contributed by atoms with Gasteiger partial charge in [0.2, 0.25) is 5.91 Å². The van der Waals surface area contributed by atoms with Gasteiger partial charge in [-0.2, -0.15) is 0 Å². The second-order valence-electron chi connectivity index (χ2n) is 6.33. The summed E-state index contributed by atoms with van der Waals surface area (Å²) >= 11 is 0. The second kappa shape index (κ2) is 6.11. The number of furan rings is 1. The van der Waals surface area contributed by atoms with Crippen LogP contribution >= 0.6 is 0 Å². The zero-order chi connectivity index (χ0) is 16.5. The second-order valence-corrected chi connectivity index (χ2v) is 6.33. The number of fused-ring (bicyclic) bond motifs is 1. The van der Waals surface area contributed by atoms with Gasteiger partial charge in [0.25, 0.3) is 0 Å².